The molecule has 0 radical (unpaired) electrons. The van der Waals surface area contributed by atoms with Crippen molar-refractivity contribution >= 4 is 5.69 Å². The van der Waals surface area contributed by atoms with E-state index in [2.05, 4.69) is 29.4 Å². The van der Waals surface area contributed by atoms with Crippen molar-refractivity contribution < 1.29 is 9.47 Å². The van der Waals surface area contributed by atoms with E-state index in [1.807, 2.05) is 6.07 Å². The van der Waals surface area contributed by atoms with Crippen LogP contribution in [0.4, 0.5) is 5.69 Å². The SMILES string of the molecule is CN(CC1CCNCC1)c1ccc2c(c1)OCO2. The first-order valence-electron chi connectivity index (χ1n) is 6.64. The maximum atomic E-state index is 5.42. The molecule has 18 heavy (non-hydrogen) atoms. The Bertz CT molecular complexity index is 416. The maximum absolute atomic E-state index is 5.42. The van der Waals surface area contributed by atoms with Gasteiger partial charge in [-0.1, -0.05) is 0 Å². The van der Waals surface area contributed by atoms with Crippen LogP contribution in [-0.2, 0) is 0 Å². The van der Waals surface area contributed by atoms with Crippen LogP contribution in [-0.4, -0.2) is 33.5 Å². The van der Waals surface area contributed by atoms with Crippen LogP contribution in [0.15, 0.2) is 18.2 Å². The van der Waals surface area contributed by atoms with Gasteiger partial charge in [0.1, 0.15) is 0 Å². The average Bonchev–Trinajstić information content (AvgIpc) is 2.87. The van der Waals surface area contributed by atoms with Gasteiger partial charge in [0.25, 0.3) is 0 Å². The van der Waals surface area contributed by atoms with Crippen molar-refractivity contribution in [3.8, 4) is 11.5 Å². The van der Waals surface area contributed by atoms with Crippen LogP contribution in [0.2, 0.25) is 0 Å². The maximum Gasteiger partial charge on any atom is 0.231 e. The van der Waals surface area contributed by atoms with Gasteiger partial charge in [0, 0.05) is 25.3 Å². The molecule has 0 atom stereocenters. The molecule has 0 unspecified atom stereocenters. The van der Waals surface area contributed by atoms with E-state index in [0.717, 1.165) is 37.1 Å². The number of nitrogens with zero attached hydrogens (tertiary/aromatic N) is 1. The highest BCUT2D eigenvalue weighted by atomic mass is 16.7. The number of piperidine rings is 1. The van der Waals surface area contributed by atoms with Gasteiger partial charge in [-0.3, -0.25) is 0 Å². The molecular formula is C14H20N2O2. The Morgan fingerprint density at radius 1 is 1.22 bits per heavy atom. The summed E-state index contributed by atoms with van der Waals surface area (Å²) in [7, 11) is 2.15. The Balaban J connectivity index is 1.66. The lowest BCUT2D eigenvalue weighted by Crippen LogP contribution is -2.34. The van der Waals surface area contributed by atoms with E-state index in [4.69, 9.17) is 9.47 Å². The first-order valence-corrected chi connectivity index (χ1v) is 6.64. The van der Waals surface area contributed by atoms with Gasteiger partial charge in [0.05, 0.1) is 0 Å². The number of anilines is 1. The van der Waals surface area contributed by atoms with Crippen LogP contribution in [0.25, 0.3) is 0 Å². The zero-order valence-electron chi connectivity index (χ0n) is 10.8. The first kappa shape index (κ1) is 11.7. The monoisotopic (exact) mass is 248 g/mol. The molecule has 0 bridgehead atoms. The fourth-order valence-electron chi connectivity index (χ4n) is 2.68. The first-order chi connectivity index (χ1) is 8.83. The Hall–Kier alpha value is -1.42. The van der Waals surface area contributed by atoms with Gasteiger partial charge in [-0.25, -0.2) is 0 Å². The van der Waals surface area contributed by atoms with Gasteiger partial charge in [0.2, 0.25) is 6.79 Å². The van der Waals surface area contributed by atoms with E-state index in [1.165, 1.54) is 18.5 Å². The molecule has 0 saturated carbocycles. The molecule has 1 aromatic rings. The summed E-state index contributed by atoms with van der Waals surface area (Å²) in [6, 6.07) is 6.18. The van der Waals surface area contributed by atoms with Gasteiger partial charge in [-0.15, -0.1) is 0 Å². The number of ether oxygens (including phenoxy) is 2. The molecule has 0 spiro atoms. The molecule has 0 aromatic heterocycles. The minimum absolute atomic E-state index is 0.344. The molecule has 2 heterocycles. The van der Waals surface area contributed by atoms with Crippen LogP contribution < -0.4 is 19.7 Å². The van der Waals surface area contributed by atoms with E-state index in [0.29, 0.717) is 6.79 Å². The summed E-state index contributed by atoms with van der Waals surface area (Å²) in [5.41, 5.74) is 1.21. The molecule has 0 aliphatic carbocycles. The number of hydrogen-bond donors (Lipinski definition) is 1. The summed E-state index contributed by atoms with van der Waals surface area (Å²) in [6.45, 7) is 3.76. The molecule has 3 rings (SSSR count). The smallest absolute Gasteiger partial charge is 0.231 e. The molecule has 1 fully saturated rings. The molecular weight excluding hydrogens is 228 g/mol. The lowest BCUT2D eigenvalue weighted by molar-refractivity contribution is 0.174. The van der Waals surface area contributed by atoms with Crippen LogP contribution in [0.3, 0.4) is 0 Å². The molecule has 0 amide bonds. The van der Waals surface area contributed by atoms with E-state index in [9.17, 15) is 0 Å². The quantitative estimate of drug-likeness (QED) is 0.885. The van der Waals surface area contributed by atoms with Crippen molar-refractivity contribution in [2.45, 2.75) is 12.8 Å². The normalized spacial score (nSPS) is 18.9. The minimum Gasteiger partial charge on any atom is -0.454 e. The second kappa shape index (κ2) is 5.06. The van der Waals surface area contributed by atoms with E-state index < -0.39 is 0 Å². The number of rotatable bonds is 3. The number of hydrogen-bond acceptors (Lipinski definition) is 4. The van der Waals surface area contributed by atoms with Crippen LogP contribution in [0.1, 0.15) is 12.8 Å². The van der Waals surface area contributed by atoms with Crippen molar-refractivity contribution in [1.82, 2.24) is 5.32 Å². The third kappa shape index (κ3) is 2.38. The topological polar surface area (TPSA) is 33.7 Å². The lowest BCUT2D eigenvalue weighted by Gasteiger charge is -2.28. The summed E-state index contributed by atoms with van der Waals surface area (Å²) in [4.78, 5) is 2.32. The minimum atomic E-state index is 0.344. The van der Waals surface area contributed by atoms with Gasteiger partial charge in [-0.2, -0.15) is 0 Å². The molecule has 98 valence electrons. The summed E-state index contributed by atoms with van der Waals surface area (Å²) < 4.78 is 10.8. The number of nitrogens with one attached hydrogen (secondary N) is 1. The van der Waals surface area contributed by atoms with Crippen LogP contribution in [0.5, 0.6) is 11.5 Å². The largest absolute Gasteiger partial charge is 0.454 e. The average molecular weight is 248 g/mol. The molecule has 1 saturated heterocycles. The molecule has 4 nitrogen and oxygen atoms in total. The van der Waals surface area contributed by atoms with Crippen molar-refractivity contribution in [2.75, 3.05) is 38.4 Å². The zero-order valence-corrected chi connectivity index (χ0v) is 10.8. The zero-order chi connectivity index (χ0) is 12.4. The summed E-state index contributed by atoms with van der Waals surface area (Å²) in [6.07, 6.45) is 2.55. The highest BCUT2D eigenvalue weighted by Crippen LogP contribution is 2.35. The lowest BCUT2D eigenvalue weighted by atomic mass is 9.97. The fourth-order valence-corrected chi connectivity index (χ4v) is 2.68. The summed E-state index contributed by atoms with van der Waals surface area (Å²) >= 11 is 0. The van der Waals surface area contributed by atoms with Crippen molar-refractivity contribution in [3.05, 3.63) is 18.2 Å². The van der Waals surface area contributed by atoms with Gasteiger partial charge in [0.15, 0.2) is 11.5 Å². The van der Waals surface area contributed by atoms with E-state index in [1.54, 1.807) is 0 Å². The highest BCUT2D eigenvalue weighted by Gasteiger charge is 2.18. The van der Waals surface area contributed by atoms with Crippen LogP contribution in [0, 0.1) is 5.92 Å². The molecule has 4 heteroatoms. The Morgan fingerprint density at radius 3 is 2.83 bits per heavy atom. The summed E-state index contributed by atoms with van der Waals surface area (Å²) in [5, 5.41) is 3.41. The molecule has 2 aliphatic heterocycles. The second-order valence-corrected chi connectivity index (χ2v) is 5.11. The van der Waals surface area contributed by atoms with Gasteiger partial charge < -0.3 is 19.7 Å². The van der Waals surface area contributed by atoms with Gasteiger partial charge >= 0.3 is 0 Å². The van der Waals surface area contributed by atoms with Crippen molar-refractivity contribution in [3.63, 3.8) is 0 Å². The predicted octanol–water partition coefficient (Wildman–Crippen LogP) is 1.85. The van der Waals surface area contributed by atoms with Crippen molar-refractivity contribution in [1.29, 1.82) is 0 Å². The standard InChI is InChI=1S/C14H20N2O2/c1-16(9-11-4-6-15-7-5-11)12-2-3-13-14(8-12)18-10-17-13/h2-3,8,11,15H,4-7,9-10H2,1H3. The number of fused-ring (bicyclic) bond motifs is 1. The Morgan fingerprint density at radius 2 is 2.00 bits per heavy atom. The van der Waals surface area contributed by atoms with E-state index >= 15 is 0 Å². The Labute approximate surface area is 108 Å². The summed E-state index contributed by atoms with van der Waals surface area (Å²) in [5.74, 6) is 2.51. The molecule has 1 aromatic carbocycles. The molecule has 1 N–H and O–H groups in total. The third-order valence-corrected chi connectivity index (χ3v) is 3.79. The fraction of sp³-hybridized carbons (Fsp3) is 0.571. The van der Waals surface area contributed by atoms with Crippen molar-refractivity contribution in [2.24, 2.45) is 5.92 Å². The van der Waals surface area contributed by atoms with E-state index in [-0.39, 0.29) is 0 Å². The number of benzene rings is 1. The third-order valence-electron chi connectivity index (χ3n) is 3.79. The second-order valence-electron chi connectivity index (χ2n) is 5.11. The van der Waals surface area contributed by atoms with Gasteiger partial charge in [-0.05, 0) is 44.0 Å². The molecule has 2 aliphatic rings. The predicted molar refractivity (Wildman–Crippen MR) is 71.4 cm³/mol. The Kier molecular flexibility index (Phi) is 3.28. The van der Waals surface area contributed by atoms with Crippen LogP contribution >= 0.6 is 0 Å². The highest BCUT2D eigenvalue weighted by molar-refractivity contribution is 5.56.